The molecule has 1 unspecified atom stereocenters. The van der Waals surface area contributed by atoms with Crippen LogP contribution in [0.15, 0.2) is 84.0 Å². The number of pyridine rings is 3. The highest BCUT2D eigenvalue weighted by Crippen LogP contribution is 2.38. The summed E-state index contributed by atoms with van der Waals surface area (Å²) < 4.78 is 50.6. The zero-order valence-electron chi connectivity index (χ0n) is 43.3. The smallest absolute Gasteiger partial charge is 0.407 e. The standard InChI is InChI=1S/C55H71FN8O10/c1-38-8-13-45(33-59-38)62-20-6-7-46(37-62)63(34-41-16-18-57-39(2)29-41)35-42-36-64(44-14-15-44)49-31-50(48(56)30-47(49)52(42)66)72-27-28-73-53(67)60-32-40-9-11-43(12-10-40)61-51(65)17-21-69-23-25-71-26-24-70-22-19-58-54(68)74-55(3,4)5/h8-13,16,18,29-31,33,36,44,46H,6-7,14-15,17,19-28,32,34-35,37H2,1-5H3,(H,58,68)(H,60,67)(H,61,65). The maximum atomic E-state index is 15.8. The number of halogens is 1. The van der Waals surface area contributed by atoms with E-state index in [1.165, 1.54) is 6.07 Å². The molecule has 0 bridgehead atoms. The lowest BCUT2D eigenvalue weighted by Crippen LogP contribution is -2.48. The molecule has 2 aliphatic rings. The quantitative estimate of drug-likeness (QED) is 0.0455. The number of rotatable bonds is 26. The summed E-state index contributed by atoms with van der Waals surface area (Å²) in [7, 11) is 0. The molecule has 3 amide bonds. The number of aryl methyl sites for hydroxylation is 2. The number of benzene rings is 2. The minimum Gasteiger partial charge on any atom is -0.487 e. The molecule has 1 saturated carbocycles. The SMILES string of the molecule is Cc1ccc(N2CCCC(N(Cc3ccnc(C)c3)Cc3cn(C4CC4)c4cc(OCCOC(=O)NCc5ccc(NC(=O)CCOCCOCCOCCNC(=O)OC(C)(C)C)cc5)c(F)cc4c3=O)C2)cn1. The number of fused-ring (bicyclic) bond motifs is 1. The molecule has 2 aromatic carbocycles. The van der Waals surface area contributed by atoms with Gasteiger partial charge in [-0.1, -0.05) is 12.1 Å². The van der Waals surface area contributed by atoms with E-state index < -0.39 is 23.6 Å². The summed E-state index contributed by atoms with van der Waals surface area (Å²) >= 11 is 0. The first-order valence-electron chi connectivity index (χ1n) is 25.5. The number of aromatic nitrogens is 3. The van der Waals surface area contributed by atoms with E-state index in [0.29, 0.717) is 74.8 Å². The van der Waals surface area contributed by atoms with Crippen molar-refractivity contribution in [3.8, 4) is 5.75 Å². The van der Waals surface area contributed by atoms with Gasteiger partial charge in [-0.05, 0) is 114 Å². The third-order valence-electron chi connectivity index (χ3n) is 12.4. The first-order valence-corrected chi connectivity index (χ1v) is 25.5. The number of nitrogens with zero attached hydrogens (tertiary/aromatic N) is 5. The number of anilines is 2. The Morgan fingerprint density at radius 3 is 2.27 bits per heavy atom. The summed E-state index contributed by atoms with van der Waals surface area (Å²) in [5, 5.41) is 8.43. The number of nitrogens with one attached hydrogen (secondary N) is 3. The molecule has 5 aromatic rings. The largest absolute Gasteiger partial charge is 0.487 e. The molecule has 74 heavy (non-hydrogen) atoms. The highest BCUT2D eigenvalue weighted by molar-refractivity contribution is 5.90. The average molecular weight is 1020 g/mol. The number of ether oxygens (including phenoxy) is 6. The Hall–Kier alpha value is -6.67. The Morgan fingerprint density at radius 2 is 1.55 bits per heavy atom. The van der Waals surface area contributed by atoms with Crippen LogP contribution in [0.1, 0.15) is 87.0 Å². The lowest BCUT2D eigenvalue weighted by atomic mass is 10.0. The van der Waals surface area contributed by atoms with Gasteiger partial charge in [0.25, 0.3) is 0 Å². The van der Waals surface area contributed by atoms with E-state index in [4.69, 9.17) is 28.4 Å². The zero-order valence-corrected chi connectivity index (χ0v) is 43.3. The van der Waals surface area contributed by atoms with Crippen molar-refractivity contribution in [2.45, 2.75) is 104 Å². The Morgan fingerprint density at radius 1 is 0.797 bits per heavy atom. The molecule has 18 nitrogen and oxygen atoms in total. The second-order valence-corrected chi connectivity index (χ2v) is 19.6. The molecule has 1 saturated heterocycles. The first kappa shape index (κ1) is 55.1. The maximum Gasteiger partial charge on any atom is 0.407 e. The minimum atomic E-state index is -0.676. The van der Waals surface area contributed by atoms with Gasteiger partial charge in [0.15, 0.2) is 17.0 Å². The van der Waals surface area contributed by atoms with Crippen LogP contribution in [0.5, 0.6) is 5.75 Å². The Balaban J connectivity index is 0.825. The first-order chi connectivity index (χ1) is 35.7. The third kappa shape index (κ3) is 17.5. The fourth-order valence-electron chi connectivity index (χ4n) is 8.58. The van der Waals surface area contributed by atoms with Gasteiger partial charge in [0.1, 0.15) is 18.8 Å². The van der Waals surface area contributed by atoms with E-state index in [2.05, 4.69) is 52.4 Å². The van der Waals surface area contributed by atoms with Crippen LogP contribution in [0.25, 0.3) is 10.9 Å². The average Bonchev–Trinajstić information content (AvgIpc) is 4.22. The molecular formula is C55H71FN8O10. The van der Waals surface area contributed by atoms with Gasteiger partial charge in [-0.3, -0.25) is 24.5 Å². The van der Waals surface area contributed by atoms with Gasteiger partial charge < -0.3 is 53.8 Å². The summed E-state index contributed by atoms with van der Waals surface area (Å²) in [5.74, 6) is -0.913. The Labute approximate surface area is 432 Å². The van der Waals surface area contributed by atoms with Gasteiger partial charge in [-0.25, -0.2) is 14.0 Å². The van der Waals surface area contributed by atoms with Crippen LogP contribution in [0.2, 0.25) is 0 Å². The second-order valence-electron chi connectivity index (χ2n) is 19.6. The predicted octanol–water partition coefficient (Wildman–Crippen LogP) is 7.76. The Bertz CT molecular complexity index is 2690. The van der Waals surface area contributed by atoms with Gasteiger partial charge in [0, 0.05) is 97.8 Å². The van der Waals surface area contributed by atoms with Crippen molar-refractivity contribution in [1.29, 1.82) is 0 Å². The van der Waals surface area contributed by atoms with E-state index in [0.717, 1.165) is 67.0 Å². The van der Waals surface area contributed by atoms with Crippen molar-refractivity contribution < 1.29 is 47.2 Å². The summed E-state index contributed by atoms with van der Waals surface area (Å²) in [4.78, 5) is 64.6. The maximum absolute atomic E-state index is 15.8. The van der Waals surface area contributed by atoms with Gasteiger partial charge in [0.05, 0.1) is 63.5 Å². The fraction of sp³-hybridized carbons (Fsp3) is 0.491. The highest BCUT2D eigenvalue weighted by atomic mass is 19.1. The van der Waals surface area contributed by atoms with Gasteiger partial charge in [0.2, 0.25) is 5.91 Å². The molecule has 4 heterocycles. The van der Waals surface area contributed by atoms with Crippen LogP contribution in [0.3, 0.4) is 0 Å². The van der Waals surface area contributed by atoms with Crippen LogP contribution < -0.4 is 31.0 Å². The van der Waals surface area contributed by atoms with Crippen molar-refractivity contribution in [1.82, 2.24) is 30.1 Å². The van der Waals surface area contributed by atoms with Crippen LogP contribution in [-0.4, -0.2) is 122 Å². The predicted molar refractivity (Wildman–Crippen MR) is 279 cm³/mol. The molecule has 0 radical (unpaired) electrons. The number of carbonyl (C=O) groups excluding carboxylic acids is 3. The van der Waals surface area contributed by atoms with Crippen LogP contribution in [-0.2, 0) is 48.1 Å². The highest BCUT2D eigenvalue weighted by Gasteiger charge is 2.30. The van der Waals surface area contributed by atoms with E-state index in [1.807, 2.05) is 44.6 Å². The van der Waals surface area contributed by atoms with E-state index in [9.17, 15) is 19.2 Å². The van der Waals surface area contributed by atoms with Gasteiger partial charge in [-0.15, -0.1) is 0 Å². The van der Waals surface area contributed by atoms with E-state index in [-0.39, 0.29) is 62.0 Å². The Kier molecular flexibility index (Phi) is 20.1. The summed E-state index contributed by atoms with van der Waals surface area (Å²) in [6.45, 7) is 14.3. The molecule has 2 fully saturated rings. The van der Waals surface area contributed by atoms with Crippen LogP contribution in [0.4, 0.5) is 25.4 Å². The molecule has 398 valence electrons. The molecule has 19 heteroatoms. The van der Waals surface area contributed by atoms with Crippen LogP contribution >= 0.6 is 0 Å². The molecule has 3 N–H and O–H groups in total. The normalized spacial score (nSPS) is 14.7. The van der Waals surface area contributed by atoms with Crippen molar-refractivity contribution in [2.75, 3.05) is 82.7 Å². The van der Waals surface area contributed by atoms with E-state index in [1.54, 1.807) is 51.1 Å². The number of alkyl carbamates (subject to hydrolysis) is 2. The summed E-state index contributed by atoms with van der Waals surface area (Å²) in [5.41, 5.74) is 5.91. The molecule has 0 spiro atoms. The molecule has 1 atom stereocenters. The van der Waals surface area contributed by atoms with Gasteiger partial charge >= 0.3 is 12.2 Å². The number of hydrogen-bond donors (Lipinski definition) is 3. The number of piperidine rings is 1. The lowest BCUT2D eigenvalue weighted by Gasteiger charge is -2.40. The monoisotopic (exact) mass is 1020 g/mol. The molecule has 7 rings (SSSR count). The number of carbonyl (C=O) groups is 3. The van der Waals surface area contributed by atoms with E-state index >= 15 is 4.39 Å². The number of hydrogen-bond acceptors (Lipinski definition) is 14. The summed E-state index contributed by atoms with van der Waals surface area (Å²) in [6.07, 6.45) is 8.56. The summed E-state index contributed by atoms with van der Waals surface area (Å²) in [6, 6.07) is 18.5. The molecule has 3 aromatic heterocycles. The molecule has 1 aliphatic carbocycles. The van der Waals surface area contributed by atoms with Gasteiger partial charge in [-0.2, -0.15) is 0 Å². The minimum absolute atomic E-state index is 0.0296. The molecule has 1 aliphatic heterocycles. The van der Waals surface area contributed by atoms with Crippen molar-refractivity contribution >= 4 is 40.4 Å². The fourth-order valence-corrected chi connectivity index (χ4v) is 8.58. The van der Waals surface area contributed by atoms with Crippen LogP contribution in [0, 0.1) is 19.7 Å². The molecular weight excluding hydrogens is 952 g/mol. The van der Waals surface area contributed by atoms with Crippen molar-refractivity contribution in [2.24, 2.45) is 0 Å². The third-order valence-corrected chi connectivity index (χ3v) is 12.4. The zero-order chi connectivity index (χ0) is 52.5. The topological polar surface area (TPSA) is 197 Å². The van der Waals surface area contributed by atoms with Crippen molar-refractivity contribution in [3.05, 3.63) is 123 Å². The second kappa shape index (κ2) is 27.0. The number of amides is 3. The van der Waals surface area contributed by atoms with Crippen molar-refractivity contribution in [3.63, 3.8) is 0 Å². The lowest BCUT2D eigenvalue weighted by molar-refractivity contribution is -0.117.